The van der Waals surface area contributed by atoms with Crippen molar-refractivity contribution >= 4 is 0 Å². The van der Waals surface area contributed by atoms with Gasteiger partial charge in [0.1, 0.15) is 0 Å². The van der Waals surface area contributed by atoms with Gasteiger partial charge < -0.3 is 14.8 Å². The van der Waals surface area contributed by atoms with Crippen molar-refractivity contribution in [2.75, 3.05) is 26.9 Å². The predicted octanol–water partition coefficient (Wildman–Crippen LogP) is 3.62. The van der Waals surface area contributed by atoms with Crippen molar-refractivity contribution in [1.29, 1.82) is 0 Å². The van der Waals surface area contributed by atoms with Crippen LogP contribution in [0.1, 0.15) is 60.3 Å². The molecule has 1 saturated carbocycles. The molecule has 0 aromatic heterocycles. The Balaban J connectivity index is 2.57. The van der Waals surface area contributed by atoms with Crippen molar-refractivity contribution in [3.63, 3.8) is 0 Å². The maximum atomic E-state index is 6.25. The highest BCUT2D eigenvalue weighted by Crippen LogP contribution is 2.38. The Kier molecular flexibility index (Phi) is 6.96. The van der Waals surface area contributed by atoms with Crippen LogP contribution in [0.15, 0.2) is 0 Å². The fourth-order valence-corrected chi connectivity index (χ4v) is 2.97. The summed E-state index contributed by atoms with van der Waals surface area (Å²) in [5.74, 6) is 1.66. The standard InChI is InChI=1S/C17H35NO2/c1-14(2)15-7-9-17(10-8-15,20-12-11-19-6)13-18-16(3,4)5/h14-15,18H,7-13H2,1-6H3. The molecule has 0 radical (unpaired) electrons. The Morgan fingerprint density at radius 1 is 1.15 bits per heavy atom. The monoisotopic (exact) mass is 285 g/mol. The average molecular weight is 285 g/mol. The van der Waals surface area contributed by atoms with Crippen molar-refractivity contribution in [3.05, 3.63) is 0 Å². The highest BCUT2D eigenvalue weighted by atomic mass is 16.5. The van der Waals surface area contributed by atoms with Crippen LogP contribution in [0.3, 0.4) is 0 Å². The lowest BCUT2D eigenvalue weighted by molar-refractivity contribution is -0.0940. The summed E-state index contributed by atoms with van der Waals surface area (Å²) < 4.78 is 11.4. The number of hydrogen-bond acceptors (Lipinski definition) is 3. The van der Waals surface area contributed by atoms with E-state index in [-0.39, 0.29) is 11.1 Å². The SMILES string of the molecule is COCCOC1(CNC(C)(C)C)CCC(C(C)C)CC1. The molecule has 1 N–H and O–H groups in total. The molecule has 0 bridgehead atoms. The molecular formula is C17H35NO2. The summed E-state index contributed by atoms with van der Waals surface area (Å²) in [4.78, 5) is 0. The number of methoxy groups -OCH3 is 1. The summed E-state index contributed by atoms with van der Waals surface area (Å²) in [6.07, 6.45) is 4.91. The Morgan fingerprint density at radius 2 is 1.75 bits per heavy atom. The Bertz CT molecular complexity index is 263. The van der Waals surface area contributed by atoms with Crippen molar-refractivity contribution in [1.82, 2.24) is 5.32 Å². The average Bonchev–Trinajstić information content (AvgIpc) is 2.37. The van der Waals surface area contributed by atoms with E-state index >= 15 is 0 Å². The third-order valence-corrected chi connectivity index (χ3v) is 4.52. The van der Waals surface area contributed by atoms with Gasteiger partial charge in [-0.15, -0.1) is 0 Å². The Labute approximate surface area is 125 Å². The summed E-state index contributed by atoms with van der Waals surface area (Å²) in [6.45, 7) is 13.7. The van der Waals surface area contributed by atoms with Gasteiger partial charge in [-0.05, 0) is 58.3 Å². The van der Waals surface area contributed by atoms with Gasteiger partial charge in [0.15, 0.2) is 0 Å². The molecule has 0 aliphatic heterocycles. The molecule has 120 valence electrons. The minimum atomic E-state index is 0.0111. The van der Waals surface area contributed by atoms with Crippen LogP contribution >= 0.6 is 0 Å². The highest BCUT2D eigenvalue weighted by Gasteiger charge is 2.37. The topological polar surface area (TPSA) is 30.5 Å². The number of ether oxygens (including phenoxy) is 2. The minimum absolute atomic E-state index is 0.0111. The van der Waals surface area contributed by atoms with Crippen molar-refractivity contribution in [2.24, 2.45) is 11.8 Å². The molecule has 0 spiro atoms. The molecule has 1 rings (SSSR count). The van der Waals surface area contributed by atoms with Crippen LogP contribution in [0.5, 0.6) is 0 Å². The minimum Gasteiger partial charge on any atom is -0.382 e. The van der Waals surface area contributed by atoms with Gasteiger partial charge in [0, 0.05) is 19.2 Å². The second kappa shape index (κ2) is 7.77. The molecular weight excluding hydrogens is 250 g/mol. The summed E-state index contributed by atoms with van der Waals surface area (Å²) in [6, 6.07) is 0. The smallest absolute Gasteiger partial charge is 0.0807 e. The zero-order chi connectivity index (χ0) is 15.2. The molecule has 1 aliphatic carbocycles. The van der Waals surface area contributed by atoms with Crippen LogP contribution in [-0.4, -0.2) is 38.0 Å². The number of hydrogen-bond donors (Lipinski definition) is 1. The van der Waals surface area contributed by atoms with Gasteiger partial charge >= 0.3 is 0 Å². The number of rotatable bonds is 7. The first kappa shape index (κ1) is 17.9. The Morgan fingerprint density at radius 3 is 2.20 bits per heavy atom. The fraction of sp³-hybridized carbons (Fsp3) is 1.00. The van der Waals surface area contributed by atoms with Gasteiger partial charge in [0.25, 0.3) is 0 Å². The second-order valence-corrected chi connectivity index (χ2v) is 7.71. The first-order valence-electron chi connectivity index (χ1n) is 8.16. The van der Waals surface area contributed by atoms with E-state index in [1.54, 1.807) is 7.11 Å². The molecule has 3 nitrogen and oxygen atoms in total. The maximum absolute atomic E-state index is 6.25. The van der Waals surface area contributed by atoms with E-state index in [4.69, 9.17) is 9.47 Å². The van der Waals surface area contributed by atoms with Gasteiger partial charge in [0.2, 0.25) is 0 Å². The van der Waals surface area contributed by atoms with E-state index in [1.807, 2.05) is 0 Å². The van der Waals surface area contributed by atoms with Crippen LogP contribution in [0, 0.1) is 11.8 Å². The van der Waals surface area contributed by atoms with Crippen molar-refractivity contribution in [2.45, 2.75) is 71.4 Å². The quantitative estimate of drug-likeness (QED) is 0.725. The molecule has 3 heteroatoms. The maximum Gasteiger partial charge on any atom is 0.0807 e. The van der Waals surface area contributed by atoms with E-state index in [1.165, 1.54) is 25.7 Å². The van der Waals surface area contributed by atoms with Gasteiger partial charge in [0.05, 0.1) is 18.8 Å². The third-order valence-electron chi connectivity index (χ3n) is 4.52. The van der Waals surface area contributed by atoms with Gasteiger partial charge in [-0.1, -0.05) is 13.8 Å². The van der Waals surface area contributed by atoms with Crippen LogP contribution < -0.4 is 5.32 Å². The summed E-state index contributed by atoms with van der Waals surface area (Å²) in [5, 5.41) is 3.64. The van der Waals surface area contributed by atoms with E-state index in [2.05, 4.69) is 39.9 Å². The zero-order valence-corrected chi connectivity index (χ0v) is 14.4. The van der Waals surface area contributed by atoms with E-state index in [0.29, 0.717) is 13.2 Å². The molecule has 0 aromatic carbocycles. The molecule has 0 unspecified atom stereocenters. The van der Waals surface area contributed by atoms with Gasteiger partial charge in [-0.3, -0.25) is 0 Å². The van der Waals surface area contributed by atoms with E-state index in [9.17, 15) is 0 Å². The van der Waals surface area contributed by atoms with Crippen LogP contribution in [0.2, 0.25) is 0 Å². The lowest BCUT2D eigenvalue weighted by Crippen LogP contribution is -2.51. The summed E-state index contributed by atoms with van der Waals surface area (Å²) >= 11 is 0. The largest absolute Gasteiger partial charge is 0.382 e. The van der Waals surface area contributed by atoms with Crippen LogP contribution in [0.25, 0.3) is 0 Å². The lowest BCUT2D eigenvalue weighted by atomic mass is 9.74. The van der Waals surface area contributed by atoms with Crippen molar-refractivity contribution in [3.8, 4) is 0 Å². The number of nitrogens with one attached hydrogen (secondary N) is 1. The highest BCUT2D eigenvalue weighted by molar-refractivity contribution is 4.91. The lowest BCUT2D eigenvalue weighted by Gasteiger charge is -2.42. The van der Waals surface area contributed by atoms with E-state index < -0.39 is 0 Å². The molecule has 0 saturated heterocycles. The van der Waals surface area contributed by atoms with Gasteiger partial charge in [-0.25, -0.2) is 0 Å². The zero-order valence-electron chi connectivity index (χ0n) is 14.4. The molecule has 1 fully saturated rings. The molecule has 0 heterocycles. The molecule has 1 aliphatic rings. The second-order valence-electron chi connectivity index (χ2n) is 7.71. The summed E-state index contributed by atoms with van der Waals surface area (Å²) in [7, 11) is 1.74. The first-order chi connectivity index (χ1) is 9.28. The summed E-state index contributed by atoms with van der Waals surface area (Å²) in [5.41, 5.74) is 0.156. The fourth-order valence-electron chi connectivity index (χ4n) is 2.97. The first-order valence-corrected chi connectivity index (χ1v) is 8.16. The normalized spacial score (nSPS) is 28.1. The third kappa shape index (κ3) is 6.11. The van der Waals surface area contributed by atoms with E-state index in [0.717, 1.165) is 18.4 Å². The molecule has 0 amide bonds. The molecule has 0 atom stereocenters. The Hall–Kier alpha value is -0.120. The predicted molar refractivity (Wildman–Crippen MR) is 85.1 cm³/mol. The molecule has 0 aromatic rings. The van der Waals surface area contributed by atoms with Gasteiger partial charge in [-0.2, -0.15) is 0 Å². The van der Waals surface area contributed by atoms with Crippen molar-refractivity contribution < 1.29 is 9.47 Å². The van der Waals surface area contributed by atoms with Crippen LogP contribution in [-0.2, 0) is 9.47 Å². The molecule has 20 heavy (non-hydrogen) atoms. The van der Waals surface area contributed by atoms with Crippen LogP contribution in [0.4, 0.5) is 0 Å².